The predicted octanol–water partition coefficient (Wildman–Crippen LogP) is 1.07. The highest BCUT2D eigenvalue weighted by Gasteiger charge is 2.10. The van der Waals surface area contributed by atoms with Crippen molar-refractivity contribution in [2.75, 3.05) is 19.7 Å². The molecule has 100 valence electrons. The summed E-state index contributed by atoms with van der Waals surface area (Å²) in [6, 6.07) is 9.31. The Hall–Kier alpha value is -1.63. The van der Waals surface area contributed by atoms with Crippen molar-refractivity contribution in [1.29, 1.82) is 0 Å². The van der Waals surface area contributed by atoms with Gasteiger partial charge in [-0.3, -0.25) is 5.21 Å². The zero-order valence-corrected chi connectivity index (χ0v) is 9.99. The number of nitrogens with one attached hydrogen (secondary N) is 1. The number of aliphatic hydroxyl groups excluding tert-OH is 1. The van der Waals surface area contributed by atoms with Gasteiger partial charge in [0, 0.05) is 0 Å². The Morgan fingerprint density at radius 1 is 1.33 bits per heavy atom. The summed E-state index contributed by atoms with van der Waals surface area (Å²) in [7, 11) is 0. The van der Waals surface area contributed by atoms with Gasteiger partial charge < -0.3 is 15.5 Å². The van der Waals surface area contributed by atoms with Gasteiger partial charge in [0.05, 0.1) is 19.2 Å². The summed E-state index contributed by atoms with van der Waals surface area (Å²) < 4.78 is 0. The maximum atomic E-state index is 10.3. The van der Waals surface area contributed by atoms with Crippen molar-refractivity contribution in [3.05, 3.63) is 35.9 Å². The molecular formula is C12H18N2O4. The minimum atomic E-state index is -1.36. The summed E-state index contributed by atoms with van der Waals surface area (Å²) in [5, 5.41) is 30.0. The lowest BCUT2D eigenvalue weighted by atomic mass is 10.1. The van der Waals surface area contributed by atoms with E-state index in [0.717, 1.165) is 5.56 Å². The smallest absolute Gasteiger partial charge is 0.431 e. The van der Waals surface area contributed by atoms with Crippen molar-refractivity contribution in [1.82, 2.24) is 10.4 Å². The maximum absolute atomic E-state index is 10.3. The Labute approximate surface area is 105 Å². The number of carbonyl (C=O) groups is 1. The standard InChI is InChI=1S/C12H18N2O4/c15-9-11(10-5-2-1-3-6-10)13-7-4-8-14(18)12(16)17/h1-3,5-6,11,13,15,18H,4,7-9H2,(H,16,17)/t11-/m1/s1. The summed E-state index contributed by atoms with van der Waals surface area (Å²) in [4.78, 5) is 10.3. The number of carboxylic acid groups (broad SMARTS) is 1. The number of hydroxylamine groups is 2. The first-order chi connectivity index (χ1) is 8.65. The van der Waals surface area contributed by atoms with Gasteiger partial charge in [0.15, 0.2) is 0 Å². The average Bonchev–Trinajstić information content (AvgIpc) is 2.39. The second-order valence-corrected chi connectivity index (χ2v) is 3.86. The molecule has 1 atom stereocenters. The van der Waals surface area contributed by atoms with Gasteiger partial charge in [0.25, 0.3) is 0 Å². The molecular weight excluding hydrogens is 236 g/mol. The predicted molar refractivity (Wildman–Crippen MR) is 65.4 cm³/mol. The second-order valence-electron chi connectivity index (χ2n) is 3.86. The number of aliphatic hydroxyl groups is 1. The number of rotatable bonds is 7. The van der Waals surface area contributed by atoms with E-state index in [1.165, 1.54) is 0 Å². The van der Waals surface area contributed by atoms with Gasteiger partial charge in [-0.1, -0.05) is 30.3 Å². The van der Waals surface area contributed by atoms with Gasteiger partial charge in [0.1, 0.15) is 0 Å². The highest BCUT2D eigenvalue weighted by molar-refractivity contribution is 5.63. The summed E-state index contributed by atoms with van der Waals surface area (Å²) >= 11 is 0. The van der Waals surface area contributed by atoms with Crippen LogP contribution in [0.15, 0.2) is 30.3 Å². The molecule has 0 aliphatic heterocycles. The number of benzene rings is 1. The molecule has 1 aromatic carbocycles. The molecule has 6 nitrogen and oxygen atoms in total. The average molecular weight is 254 g/mol. The maximum Gasteiger partial charge on any atom is 0.431 e. The lowest BCUT2D eigenvalue weighted by Gasteiger charge is -2.17. The van der Waals surface area contributed by atoms with Gasteiger partial charge >= 0.3 is 6.09 Å². The van der Waals surface area contributed by atoms with Crippen LogP contribution >= 0.6 is 0 Å². The Morgan fingerprint density at radius 2 is 2.00 bits per heavy atom. The SMILES string of the molecule is O=C(O)N(O)CCCN[C@H](CO)c1ccccc1. The lowest BCUT2D eigenvalue weighted by Crippen LogP contribution is -2.31. The molecule has 0 aliphatic rings. The molecule has 6 heteroatoms. The van der Waals surface area contributed by atoms with E-state index in [1.54, 1.807) is 0 Å². The second kappa shape index (κ2) is 7.65. The molecule has 1 rings (SSSR count). The Morgan fingerprint density at radius 3 is 2.56 bits per heavy atom. The summed E-state index contributed by atoms with van der Waals surface area (Å²) in [6.45, 7) is 0.505. The van der Waals surface area contributed by atoms with Crippen LogP contribution in [0.1, 0.15) is 18.0 Å². The van der Waals surface area contributed by atoms with Crippen molar-refractivity contribution in [2.24, 2.45) is 0 Å². The normalized spacial score (nSPS) is 12.1. The summed E-state index contributed by atoms with van der Waals surface area (Å²) in [5.41, 5.74) is 0.971. The first kappa shape index (κ1) is 14.4. The first-order valence-electron chi connectivity index (χ1n) is 5.73. The monoisotopic (exact) mass is 254 g/mol. The van der Waals surface area contributed by atoms with E-state index < -0.39 is 6.09 Å². The van der Waals surface area contributed by atoms with Crippen molar-refractivity contribution in [2.45, 2.75) is 12.5 Å². The van der Waals surface area contributed by atoms with Gasteiger partial charge in [-0.05, 0) is 18.5 Å². The molecule has 0 fully saturated rings. The third-order valence-electron chi connectivity index (χ3n) is 2.54. The highest BCUT2D eigenvalue weighted by atomic mass is 16.6. The Kier molecular flexibility index (Phi) is 6.13. The zero-order valence-electron chi connectivity index (χ0n) is 9.99. The van der Waals surface area contributed by atoms with Crippen LogP contribution in [0.4, 0.5) is 4.79 Å². The molecule has 0 radical (unpaired) electrons. The fourth-order valence-electron chi connectivity index (χ4n) is 1.57. The molecule has 1 amide bonds. The number of hydrogen-bond donors (Lipinski definition) is 4. The summed E-state index contributed by atoms with van der Waals surface area (Å²) in [6.07, 6.45) is -0.900. The molecule has 0 heterocycles. The van der Waals surface area contributed by atoms with Gasteiger partial charge in [-0.25, -0.2) is 4.79 Å². The largest absolute Gasteiger partial charge is 0.463 e. The molecule has 0 spiro atoms. The van der Waals surface area contributed by atoms with Crippen molar-refractivity contribution in [3.63, 3.8) is 0 Å². The third kappa shape index (κ3) is 4.70. The van der Waals surface area contributed by atoms with Crippen LogP contribution in [0, 0.1) is 0 Å². The fourth-order valence-corrected chi connectivity index (χ4v) is 1.57. The topological polar surface area (TPSA) is 93.0 Å². The van der Waals surface area contributed by atoms with Gasteiger partial charge in [-0.2, -0.15) is 5.06 Å². The van der Waals surface area contributed by atoms with Crippen LogP contribution in [0.3, 0.4) is 0 Å². The van der Waals surface area contributed by atoms with E-state index in [0.29, 0.717) is 13.0 Å². The molecule has 18 heavy (non-hydrogen) atoms. The minimum Gasteiger partial charge on any atom is -0.463 e. The Balaban J connectivity index is 2.31. The minimum absolute atomic E-state index is 0.0359. The van der Waals surface area contributed by atoms with Crippen molar-refractivity contribution < 1.29 is 20.2 Å². The lowest BCUT2D eigenvalue weighted by molar-refractivity contribution is -0.0641. The van der Waals surface area contributed by atoms with E-state index >= 15 is 0 Å². The van der Waals surface area contributed by atoms with Gasteiger partial charge in [-0.15, -0.1) is 0 Å². The molecule has 0 saturated heterocycles. The molecule has 0 bridgehead atoms. The summed E-state index contributed by atoms with van der Waals surface area (Å²) in [5.74, 6) is 0. The molecule has 0 saturated carbocycles. The van der Waals surface area contributed by atoms with Crippen LogP contribution < -0.4 is 5.32 Å². The van der Waals surface area contributed by atoms with Crippen LogP contribution in [0.5, 0.6) is 0 Å². The van der Waals surface area contributed by atoms with Crippen LogP contribution in [-0.2, 0) is 0 Å². The zero-order chi connectivity index (χ0) is 13.4. The first-order valence-corrected chi connectivity index (χ1v) is 5.73. The Bertz CT molecular complexity index is 358. The third-order valence-corrected chi connectivity index (χ3v) is 2.54. The number of amides is 1. The van der Waals surface area contributed by atoms with Crippen LogP contribution in [0.25, 0.3) is 0 Å². The molecule has 0 unspecified atom stereocenters. The molecule has 4 N–H and O–H groups in total. The molecule has 0 aliphatic carbocycles. The van der Waals surface area contributed by atoms with Crippen molar-refractivity contribution >= 4 is 6.09 Å². The molecule has 1 aromatic rings. The molecule has 0 aromatic heterocycles. The quantitative estimate of drug-likeness (QED) is 0.332. The fraction of sp³-hybridized carbons (Fsp3) is 0.417. The van der Waals surface area contributed by atoms with E-state index in [1.807, 2.05) is 30.3 Å². The van der Waals surface area contributed by atoms with E-state index in [-0.39, 0.29) is 24.3 Å². The highest BCUT2D eigenvalue weighted by Crippen LogP contribution is 2.11. The number of nitrogens with zero attached hydrogens (tertiary/aromatic N) is 1. The van der Waals surface area contributed by atoms with Crippen LogP contribution in [0.2, 0.25) is 0 Å². The van der Waals surface area contributed by atoms with Crippen molar-refractivity contribution in [3.8, 4) is 0 Å². The van der Waals surface area contributed by atoms with E-state index in [2.05, 4.69) is 5.32 Å². The van der Waals surface area contributed by atoms with E-state index in [4.69, 9.17) is 10.3 Å². The van der Waals surface area contributed by atoms with E-state index in [9.17, 15) is 9.90 Å². The number of hydrogen-bond acceptors (Lipinski definition) is 4. The van der Waals surface area contributed by atoms with Crippen LogP contribution in [-0.4, -0.2) is 46.3 Å². The van der Waals surface area contributed by atoms with Gasteiger partial charge in [0.2, 0.25) is 0 Å².